The zero-order chi connectivity index (χ0) is 15.2. The van der Waals surface area contributed by atoms with E-state index in [1.54, 1.807) is 13.1 Å². The normalized spacial score (nSPS) is 19.3. The molecule has 1 atom stereocenters. The fourth-order valence-electron chi connectivity index (χ4n) is 2.25. The van der Waals surface area contributed by atoms with Crippen molar-refractivity contribution in [1.29, 1.82) is 0 Å². The molecule has 2 N–H and O–H groups in total. The monoisotopic (exact) mass is 312 g/mol. The summed E-state index contributed by atoms with van der Waals surface area (Å²) in [7, 11) is 1.73. The van der Waals surface area contributed by atoms with Crippen molar-refractivity contribution >= 4 is 23.3 Å². The molecule has 0 spiro atoms. The summed E-state index contributed by atoms with van der Waals surface area (Å²) in [5, 5.41) is 6.15. The highest BCUT2D eigenvalue weighted by atomic mass is 35.5. The highest BCUT2D eigenvalue weighted by molar-refractivity contribution is 6.33. The second-order valence-electron chi connectivity index (χ2n) is 4.90. The van der Waals surface area contributed by atoms with Gasteiger partial charge in [-0.1, -0.05) is 18.5 Å². The average Bonchev–Trinajstić information content (AvgIpc) is 2.52. The van der Waals surface area contributed by atoms with Crippen LogP contribution < -0.4 is 10.6 Å². The van der Waals surface area contributed by atoms with Crippen LogP contribution in [0, 0.1) is 0 Å². The maximum atomic E-state index is 12.1. The molecule has 6 nitrogen and oxygen atoms in total. The molecule has 116 valence electrons. The van der Waals surface area contributed by atoms with E-state index in [0.29, 0.717) is 29.6 Å². The second-order valence-corrected chi connectivity index (χ2v) is 5.31. The number of likely N-dealkylation sites (N-methyl/N-ethyl adjacent to an activating group) is 1. The molecule has 1 aliphatic heterocycles. The SMILES string of the molecule is CCN1CCOC(CNC(=O)c2cnc(NC)c(Cl)c2)C1. The van der Waals surface area contributed by atoms with Gasteiger partial charge in [0.2, 0.25) is 0 Å². The Bertz CT molecular complexity index is 498. The molecule has 1 saturated heterocycles. The summed E-state index contributed by atoms with van der Waals surface area (Å²) in [6, 6.07) is 1.61. The van der Waals surface area contributed by atoms with Gasteiger partial charge in [0.15, 0.2) is 0 Å². The maximum Gasteiger partial charge on any atom is 0.252 e. The predicted molar refractivity (Wildman–Crippen MR) is 83.0 cm³/mol. The minimum atomic E-state index is -0.190. The van der Waals surface area contributed by atoms with Crippen LogP contribution in [0.3, 0.4) is 0 Å². The molecule has 0 saturated carbocycles. The molecular weight excluding hydrogens is 292 g/mol. The highest BCUT2D eigenvalue weighted by Crippen LogP contribution is 2.19. The molecular formula is C14H21ClN4O2. The Balaban J connectivity index is 1.88. The highest BCUT2D eigenvalue weighted by Gasteiger charge is 2.20. The molecule has 1 unspecified atom stereocenters. The van der Waals surface area contributed by atoms with E-state index in [9.17, 15) is 4.79 Å². The van der Waals surface area contributed by atoms with Gasteiger partial charge < -0.3 is 15.4 Å². The van der Waals surface area contributed by atoms with Crippen molar-refractivity contribution in [3.8, 4) is 0 Å². The summed E-state index contributed by atoms with van der Waals surface area (Å²) in [6.07, 6.45) is 1.54. The van der Waals surface area contributed by atoms with Crippen molar-refractivity contribution in [3.05, 3.63) is 22.8 Å². The lowest BCUT2D eigenvalue weighted by Gasteiger charge is -2.32. The summed E-state index contributed by atoms with van der Waals surface area (Å²) in [5.74, 6) is 0.367. The molecule has 7 heteroatoms. The number of nitrogens with zero attached hydrogens (tertiary/aromatic N) is 2. The minimum Gasteiger partial charge on any atom is -0.374 e. The summed E-state index contributed by atoms with van der Waals surface area (Å²) in [6.45, 7) is 6.11. The first kappa shape index (κ1) is 16.0. The van der Waals surface area contributed by atoms with E-state index in [4.69, 9.17) is 16.3 Å². The van der Waals surface area contributed by atoms with Crippen LogP contribution in [0.25, 0.3) is 0 Å². The molecule has 0 bridgehead atoms. The first-order chi connectivity index (χ1) is 10.1. The number of halogens is 1. The number of ether oxygens (including phenoxy) is 1. The molecule has 1 aromatic rings. The molecule has 1 amide bonds. The Labute approximate surface area is 129 Å². The van der Waals surface area contributed by atoms with Gasteiger partial charge in [0, 0.05) is 32.9 Å². The molecule has 0 aliphatic carbocycles. The van der Waals surface area contributed by atoms with Crippen molar-refractivity contribution in [2.45, 2.75) is 13.0 Å². The topological polar surface area (TPSA) is 66.5 Å². The Hall–Kier alpha value is -1.37. The molecule has 1 aromatic heterocycles. The number of amides is 1. The van der Waals surface area contributed by atoms with Crippen molar-refractivity contribution in [3.63, 3.8) is 0 Å². The molecule has 0 radical (unpaired) electrons. The largest absolute Gasteiger partial charge is 0.374 e. The van der Waals surface area contributed by atoms with Crippen molar-refractivity contribution in [2.75, 3.05) is 45.2 Å². The van der Waals surface area contributed by atoms with Crippen LogP contribution in [-0.4, -0.2) is 61.7 Å². The molecule has 0 aromatic carbocycles. The number of aromatic nitrogens is 1. The van der Waals surface area contributed by atoms with Gasteiger partial charge in [0.1, 0.15) is 5.82 Å². The number of hydrogen-bond donors (Lipinski definition) is 2. The zero-order valence-corrected chi connectivity index (χ0v) is 13.1. The van der Waals surface area contributed by atoms with Crippen molar-refractivity contribution < 1.29 is 9.53 Å². The van der Waals surface area contributed by atoms with Crippen LogP contribution >= 0.6 is 11.6 Å². The van der Waals surface area contributed by atoms with E-state index >= 15 is 0 Å². The van der Waals surface area contributed by atoms with E-state index in [0.717, 1.165) is 19.6 Å². The van der Waals surface area contributed by atoms with Crippen molar-refractivity contribution in [1.82, 2.24) is 15.2 Å². The van der Waals surface area contributed by atoms with Gasteiger partial charge in [-0.15, -0.1) is 0 Å². The first-order valence-corrected chi connectivity index (χ1v) is 7.47. The number of pyridine rings is 1. The predicted octanol–water partition coefficient (Wildman–Crippen LogP) is 1.23. The summed E-state index contributed by atoms with van der Waals surface area (Å²) in [4.78, 5) is 18.5. The first-order valence-electron chi connectivity index (χ1n) is 7.09. The molecule has 1 fully saturated rings. The second kappa shape index (κ2) is 7.59. The van der Waals surface area contributed by atoms with Gasteiger partial charge in [-0.2, -0.15) is 0 Å². The third-order valence-corrected chi connectivity index (χ3v) is 3.79. The quantitative estimate of drug-likeness (QED) is 0.856. The van der Waals surface area contributed by atoms with E-state index in [1.165, 1.54) is 6.20 Å². The third kappa shape index (κ3) is 4.30. The van der Waals surface area contributed by atoms with Crippen LogP contribution in [0.5, 0.6) is 0 Å². The van der Waals surface area contributed by atoms with E-state index < -0.39 is 0 Å². The van der Waals surface area contributed by atoms with Crippen LogP contribution in [0.2, 0.25) is 5.02 Å². The van der Waals surface area contributed by atoms with Gasteiger partial charge in [-0.05, 0) is 12.6 Å². The average molecular weight is 313 g/mol. The fourth-order valence-corrected chi connectivity index (χ4v) is 2.51. The summed E-state index contributed by atoms with van der Waals surface area (Å²) >= 11 is 6.02. The Morgan fingerprint density at radius 2 is 2.43 bits per heavy atom. The number of carbonyl (C=O) groups is 1. The number of nitrogens with one attached hydrogen (secondary N) is 2. The van der Waals surface area contributed by atoms with Gasteiger partial charge in [-0.3, -0.25) is 9.69 Å². The standard InChI is InChI=1S/C14H21ClN4O2/c1-3-19-4-5-21-11(9-19)8-18-14(20)10-6-12(15)13(16-2)17-7-10/h6-7,11H,3-5,8-9H2,1-2H3,(H,16,17)(H,18,20). The van der Waals surface area contributed by atoms with Crippen molar-refractivity contribution in [2.24, 2.45) is 0 Å². The van der Waals surface area contributed by atoms with Crippen LogP contribution in [0.15, 0.2) is 12.3 Å². The van der Waals surface area contributed by atoms with Crippen LogP contribution in [-0.2, 0) is 4.74 Å². The van der Waals surface area contributed by atoms with Crippen LogP contribution in [0.1, 0.15) is 17.3 Å². The Kier molecular flexibility index (Phi) is 5.78. The van der Waals surface area contributed by atoms with E-state index in [-0.39, 0.29) is 12.0 Å². The fraction of sp³-hybridized carbons (Fsp3) is 0.571. The van der Waals surface area contributed by atoms with Gasteiger partial charge in [-0.25, -0.2) is 4.98 Å². The number of hydrogen-bond acceptors (Lipinski definition) is 5. The van der Waals surface area contributed by atoms with Crippen LogP contribution in [0.4, 0.5) is 5.82 Å². The summed E-state index contributed by atoms with van der Waals surface area (Å²) < 4.78 is 5.65. The maximum absolute atomic E-state index is 12.1. The van der Waals surface area contributed by atoms with Gasteiger partial charge >= 0.3 is 0 Å². The van der Waals surface area contributed by atoms with E-state index in [2.05, 4.69) is 27.4 Å². The lowest BCUT2D eigenvalue weighted by atomic mass is 10.2. The summed E-state index contributed by atoms with van der Waals surface area (Å²) in [5.41, 5.74) is 0.446. The molecule has 1 aliphatic rings. The Morgan fingerprint density at radius 1 is 1.62 bits per heavy atom. The number of rotatable bonds is 5. The zero-order valence-electron chi connectivity index (χ0n) is 12.4. The smallest absolute Gasteiger partial charge is 0.252 e. The lowest BCUT2D eigenvalue weighted by Crippen LogP contribution is -2.47. The number of carbonyl (C=O) groups excluding carboxylic acids is 1. The minimum absolute atomic E-state index is 0.0302. The number of anilines is 1. The molecule has 2 heterocycles. The Morgan fingerprint density at radius 3 is 3.10 bits per heavy atom. The molecule has 2 rings (SSSR count). The lowest BCUT2D eigenvalue weighted by molar-refractivity contribution is -0.0246. The number of morpholine rings is 1. The van der Waals surface area contributed by atoms with Gasteiger partial charge in [0.25, 0.3) is 5.91 Å². The third-order valence-electron chi connectivity index (χ3n) is 3.50. The van der Waals surface area contributed by atoms with E-state index in [1.807, 2.05) is 0 Å². The van der Waals surface area contributed by atoms with Gasteiger partial charge in [0.05, 0.1) is 23.3 Å². The molecule has 21 heavy (non-hydrogen) atoms.